The van der Waals surface area contributed by atoms with E-state index in [1.54, 1.807) is 0 Å². The molecule has 0 amide bonds. The van der Waals surface area contributed by atoms with E-state index in [0.717, 1.165) is 22.8 Å². The van der Waals surface area contributed by atoms with Crippen LogP contribution in [0.1, 0.15) is 79.0 Å². The maximum atomic E-state index is 6.87. The molecule has 0 saturated heterocycles. The summed E-state index contributed by atoms with van der Waals surface area (Å²) in [4.78, 5) is 4.85. The van der Waals surface area contributed by atoms with E-state index in [1.807, 2.05) is 0 Å². The maximum Gasteiger partial charge on any atom is 0.257 e. The molecule has 0 unspecified atom stereocenters. The number of hydrogen-bond acceptors (Lipinski definition) is 3. The Morgan fingerprint density at radius 1 is 0.479 bits per heavy atom. The Morgan fingerprint density at radius 3 is 1.58 bits per heavy atom. The second-order valence-corrected chi connectivity index (χ2v) is 16.7. The number of furan rings is 1. The van der Waals surface area contributed by atoms with Gasteiger partial charge in [0.25, 0.3) is 6.71 Å². The van der Waals surface area contributed by atoms with Crippen molar-refractivity contribution in [2.45, 2.75) is 78.6 Å². The van der Waals surface area contributed by atoms with Crippen LogP contribution in [0.4, 0.5) is 34.3 Å². The number of rotatable bonds is 2. The molecule has 48 heavy (non-hydrogen) atoms. The van der Waals surface area contributed by atoms with E-state index in [1.165, 1.54) is 55.5 Å². The number of benzene rings is 5. The zero-order chi connectivity index (χ0) is 33.7. The van der Waals surface area contributed by atoms with Crippen LogP contribution in [-0.4, -0.2) is 6.71 Å². The van der Waals surface area contributed by atoms with E-state index >= 15 is 0 Å². The van der Waals surface area contributed by atoms with Crippen molar-refractivity contribution in [2.24, 2.45) is 0 Å². The van der Waals surface area contributed by atoms with Crippen molar-refractivity contribution in [3.05, 3.63) is 126 Å². The van der Waals surface area contributed by atoms with Gasteiger partial charge in [0.2, 0.25) is 5.88 Å². The first kappa shape index (κ1) is 30.6. The van der Waals surface area contributed by atoms with Gasteiger partial charge in [-0.2, -0.15) is 0 Å². The van der Waals surface area contributed by atoms with E-state index in [4.69, 9.17) is 4.42 Å². The fourth-order valence-electron chi connectivity index (χ4n) is 7.62. The highest BCUT2D eigenvalue weighted by Crippen LogP contribution is 2.46. The molecule has 0 N–H and O–H groups in total. The summed E-state index contributed by atoms with van der Waals surface area (Å²) >= 11 is 0. The third-order valence-corrected chi connectivity index (χ3v) is 10.4. The lowest BCUT2D eigenvalue weighted by Gasteiger charge is -2.43. The predicted octanol–water partition coefficient (Wildman–Crippen LogP) is 10.4. The van der Waals surface area contributed by atoms with Crippen LogP contribution >= 0.6 is 0 Å². The van der Waals surface area contributed by atoms with Crippen molar-refractivity contribution in [2.75, 3.05) is 9.80 Å². The molecule has 6 aromatic rings. The van der Waals surface area contributed by atoms with Crippen molar-refractivity contribution < 1.29 is 4.42 Å². The van der Waals surface area contributed by atoms with Crippen LogP contribution in [0.2, 0.25) is 0 Å². The Labute approximate surface area is 286 Å². The second kappa shape index (κ2) is 10.4. The molecule has 5 aromatic carbocycles. The van der Waals surface area contributed by atoms with Gasteiger partial charge in [-0.3, -0.25) is 4.90 Å². The zero-order valence-corrected chi connectivity index (χ0v) is 29.8. The average Bonchev–Trinajstić information content (AvgIpc) is 3.42. The summed E-state index contributed by atoms with van der Waals surface area (Å²) in [5.74, 6) is 0.906. The molecule has 2 aliphatic rings. The highest BCUT2D eigenvalue weighted by atomic mass is 16.4. The van der Waals surface area contributed by atoms with Gasteiger partial charge >= 0.3 is 0 Å². The van der Waals surface area contributed by atoms with Crippen molar-refractivity contribution >= 4 is 68.4 Å². The number of fused-ring (bicyclic) bond motifs is 6. The van der Waals surface area contributed by atoms with E-state index in [-0.39, 0.29) is 23.0 Å². The Kier molecular flexibility index (Phi) is 6.64. The van der Waals surface area contributed by atoms with E-state index in [2.05, 4.69) is 181 Å². The fourth-order valence-corrected chi connectivity index (χ4v) is 7.62. The quantitative estimate of drug-likeness (QED) is 0.178. The summed E-state index contributed by atoms with van der Waals surface area (Å²) in [5, 5.41) is 1.17. The van der Waals surface area contributed by atoms with Crippen LogP contribution in [0.3, 0.4) is 0 Å². The maximum absolute atomic E-state index is 6.87. The highest BCUT2D eigenvalue weighted by Gasteiger charge is 2.46. The number of para-hydroxylation sites is 1. The van der Waals surface area contributed by atoms with Crippen molar-refractivity contribution in [1.82, 2.24) is 0 Å². The summed E-state index contributed by atoms with van der Waals surface area (Å²) < 4.78 is 6.87. The minimum atomic E-state index is 0.00893. The first-order valence-corrected chi connectivity index (χ1v) is 17.3. The van der Waals surface area contributed by atoms with Gasteiger partial charge in [0.1, 0.15) is 5.58 Å². The largest absolute Gasteiger partial charge is 0.440 e. The summed E-state index contributed by atoms with van der Waals surface area (Å²) in [5.41, 5.74) is 14.8. The Balaban J connectivity index is 1.43. The van der Waals surface area contributed by atoms with Gasteiger partial charge < -0.3 is 9.32 Å². The fraction of sp³-hybridized carbons (Fsp3) is 0.273. The minimum Gasteiger partial charge on any atom is -0.440 e. The van der Waals surface area contributed by atoms with Crippen LogP contribution in [-0.2, 0) is 16.2 Å². The number of hydrogen-bond donors (Lipinski definition) is 0. The van der Waals surface area contributed by atoms with Crippen molar-refractivity contribution in [3.8, 4) is 0 Å². The standard InChI is InChI=1S/C44H45BN2O/c1-42(2,3)28-17-22-31(23-18-28)46-35-14-12-15-36-40(35)45(34-26-21-30(27-37(34)46)44(7,8)9)39-33-13-10-11-16-38(33)48-41(39)47(36)32-24-19-29(20-25-32)43(4,5)6/h10-27H,1-9H3. The van der Waals surface area contributed by atoms with E-state index in [0.29, 0.717) is 0 Å². The Morgan fingerprint density at radius 2 is 1.00 bits per heavy atom. The second-order valence-electron chi connectivity index (χ2n) is 16.7. The number of nitrogens with zero attached hydrogens (tertiary/aromatic N) is 2. The minimum absolute atomic E-state index is 0.00893. The smallest absolute Gasteiger partial charge is 0.257 e. The molecular formula is C44H45BN2O. The topological polar surface area (TPSA) is 19.6 Å². The third-order valence-electron chi connectivity index (χ3n) is 10.4. The summed E-state index contributed by atoms with van der Waals surface area (Å²) in [6.45, 7) is 20.6. The molecule has 240 valence electrons. The van der Waals surface area contributed by atoms with Gasteiger partial charge in [0, 0.05) is 39.3 Å². The lowest BCUT2D eigenvalue weighted by Crippen LogP contribution is -2.61. The van der Waals surface area contributed by atoms with Gasteiger partial charge in [-0.15, -0.1) is 0 Å². The highest BCUT2D eigenvalue weighted by molar-refractivity contribution is 7.01. The van der Waals surface area contributed by atoms with Gasteiger partial charge in [0.15, 0.2) is 0 Å². The normalized spacial score (nSPS) is 14.2. The summed E-state index contributed by atoms with van der Waals surface area (Å²) in [6.07, 6.45) is 0. The molecule has 0 aliphatic carbocycles. The SMILES string of the molecule is CC(C)(C)c1ccc(N2c3cc(C(C)(C)C)ccc3B3c4c2cccc4N(c2ccc(C(C)(C)C)cc2)c2oc4ccccc4c23)cc1. The van der Waals surface area contributed by atoms with Gasteiger partial charge in [-0.1, -0.05) is 123 Å². The molecule has 2 aliphatic heterocycles. The molecule has 0 bridgehead atoms. The molecule has 0 spiro atoms. The van der Waals surface area contributed by atoms with Crippen LogP contribution in [0.25, 0.3) is 11.0 Å². The van der Waals surface area contributed by atoms with Gasteiger partial charge in [-0.25, -0.2) is 0 Å². The molecule has 3 heterocycles. The van der Waals surface area contributed by atoms with E-state index < -0.39 is 0 Å². The summed E-state index contributed by atoms with van der Waals surface area (Å²) in [6, 6.07) is 40.8. The van der Waals surface area contributed by atoms with Crippen molar-refractivity contribution in [1.29, 1.82) is 0 Å². The lowest BCUT2D eigenvalue weighted by molar-refractivity contribution is 0.590. The molecule has 8 rings (SSSR count). The van der Waals surface area contributed by atoms with Crippen LogP contribution in [0.5, 0.6) is 0 Å². The first-order valence-electron chi connectivity index (χ1n) is 17.3. The average molecular weight is 629 g/mol. The Bertz CT molecular complexity index is 2190. The molecular weight excluding hydrogens is 583 g/mol. The molecule has 3 nitrogen and oxygen atoms in total. The molecule has 0 radical (unpaired) electrons. The molecule has 0 atom stereocenters. The number of anilines is 6. The lowest BCUT2D eigenvalue weighted by atomic mass is 9.33. The monoisotopic (exact) mass is 628 g/mol. The van der Waals surface area contributed by atoms with E-state index in [9.17, 15) is 0 Å². The molecule has 0 fully saturated rings. The van der Waals surface area contributed by atoms with Crippen molar-refractivity contribution in [3.63, 3.8) is 0 Å². The Hall–Kier alpha value is -4.70. The van der Waals surface area contributed by atoms with Crippen LogP contribution in [0, 0.1) is 0 Å². The molecule has 1 aromatic heterocycles. The first-order chi connectivity index (χ1) is 22.7. The predicted molar refractivity (Wildman–Crippen MR) is 206 cm³/mol. The molecule has 4 heteroatoms. The van der Waals surface area contributed by atoms with Gasteiger partial charge in [0.05, 0.1) is 0 Å². The summed E-state index contributed by atoms with van der Waals surface area (Å²) in [7, 11) is 0. The molecule has 0 saturated carbocycles. The zero-order valence-electron chi connectivity index (χ0n) is 29.8. The van der Waals surface area contributed by atoms with Gasteiger partial charge in [-0.05, 0) is 92.4 Å². The third kappa shape index (κ3) is 4.71. The van der Waals surface area contributed by atoms with Crippen LogP contribution < -0.4 is 26.2 Å². The van der Waals surface area contributed by atoms with Crippen LogP contribution in [0.15, 0.2) is 114 Å².